The van der Waals surface area contributed by atoms with Crippen molar-refractivity contribution >= 4 is 34.4 Å². The number of nitrogens with zero attached hydrogens (tertiary/aromatic N) is 1. The number of thiophene rings is 1. The van der Waals surface area contributed by atoms with Crippen molar-refractivity contribution in [3.8, 4) is 0 Å². The number of fused-ring (bicyclic) bond motifs is 1. The van der Waals surface area contributed by atoms with Crippen molar-refractivity contribution < 1.29 is 0 Å². The number of aryl methyl sites for hydroxylation is 1. The van der Waals surface area contributed by atoms with Crippen LogP contribution in [0.5, 0.6) is 0 Å². The van der Waals surface area contributed by atoms with Gasteiger partial charge < -0.3 is 5.73 Å². The fourth-order valence-electron chi connectivity index (χ4n) is 2.01. The molecule has 0 saturated carbocycles. The van der Waals surface area contributed by atoms with Crippen LogP contribution in [0.25, 0.3) is 0 Å². The van der Waals surface area contributed by atoms with Crippen LogP contribution in [-0.2, 0) is 18.6 Å². The van der Waals surface area contributed by atoms with Crippen LogP contribution in [0, 0.1) is 0 Å². The van der Waals surface area contributed by atoms with Crippen LogP contribution in [0.3, 0.4) is 0 Å². The maximum atomic E-state index is 6.28. The molecule has 2 N–H and O–H groups in total. The Balaban J connectivity index is 1.77. The fraction of sp³-hybridized carbons (Fsp3) is 0.417. The van der Waals surface area contributed by atoms with E-state index in [4.69, 9.17) is 5.73 Å². The molecule has 2 nitrogen and oxygen atoms in total. The molecule has 3 heterocycles. The summed E-state index contributed by atoms with van der Waals surface area (Å²) in [6.07, 6.45) is 4.06. The molecule has 0 amide bonds. The van der Waals surface area contributed by atoms with Gasteiger partial charge in [-0.1, -0.05) is 0 Å². The SMILES string of the molecule is NC(Cc1cncs1)c1cc2c(s1)CCSC2. The quantitative estimate of drug-likeness (QED) is 0.939. The number of hydrogen-bond acceptors (Lipinski definition) is 5. The van der Waals surface area contributed by atoms with E-state index in [1.807, 2.05) is 34.8 Å². The molecule has 0 bridgehead atoms. The monoisotopic (exact) mass is 282 g/mol. The van der Waals surface area contributed by atoms with Gasteiger partial charge in [0.15, 0.2) is 0 Å². The first-order valence-electron chi connectivity index (χ1n) is 5.65. The Morgan fingerprint density at radius 1 is 1.47 bits per heavy atom. The molecule has 1 aliphatic rings. The van der Waals surface area contributed by atoms with E-state index in [-0.39, 0.29) is 6.04 Å². The standard InChI is InChI=1S/C12H14N2S3/c13-10(4-9-5-14-7-16-9)12-3-8-6-15-2-1-11(8)17-12/h3,5,7,10H,1-2,4,6,13H2. The lowest BCUT2D eigenvalue weighted by molar-refractivity contribution is 0.743. The Morgan fingerprint density at radius 3 is 3.18 bits per heavy atom. The van der Waals surface area contributed by atoms with E-state index in [2.05, 4.69) is 11.1 Å². The molecule has 0 aromatic carbocycles. The first-order chi connectivity index (χ1) is 8.33. The van der Waals surface area contributed by atoms with Crippen molar-refractivity contribution in [1.29, 1.82) is 0 Å². The van der Waals surface area contributed by atoms with E-state index in [9.17, 15) is 0 Å². The maximum absolute atomic E-state index is 6.28. The van der Waals surface area contributed by atoms with Crippen LogP contribution in [0.4, 0.5) is 0 Å². The fourth-order valence-corrected chi connectivity index (χ4v) is 5.05. The predicted molar refractivity (Wildman–Crippen MR) is 76.9 cm³/mol. The van der Waals surface area contributed by atoms with Crippen LogP contribution in [-0.4, -0.2) is 10.7 Å². The minimum atomic E-state index is 0.135. The van der Waals surface area contributed by atoms with Crippen molar-refractivity contribution in [1.82, 2.24) is 4.98 Å². The third kappa shape index (κ3) is 2.57. The van der Waals surface area contributed by atoms with E-state index in [1.165, 1.54) is 33.2 Å². The molecule has 0 aliphatic carbocycles. The van der Waals surface area contributed by atoms with E-state index in [0.717, 1.165) is 6.42 Å². The Labute approximate surface area is 113 Å². The largest absolute Gasteiger partial charge is 0.323 e. The lowest BCUT2D eigenvalue weighted by atomic mass is 10.1. The lowest BCUT2D eigenvalue weighted by Gasteiger charge is -2.08. The highest BCUT2D eigenvalue weighted by atomic mass is 32.2. The average molecular weight is 282 g/mol. The number of nitrogens with two attached hydrogens (primary N) is 1. The number of hydrogen-bond donors (Lipinski definition) is 1. The summed E-state index contributed by atoms with van der Waals surface area (Å²) in [5.41, 5.74) is 9.67. The Kier molecular flexibility index (Phi) is 3.51. The van der Waals surface area contributed by atoms with Gasteiger partial charge >= 0.3 is 0 Å². The zero-order valence-electron chi connectivity index (χ0n) is 9.39. The van der Waals surface area contributed by atoms with Crippen LogP contribution < -0.4 is 5.73 Å². The number of rotatable bonds is 3. The van der Waals surface area contributed by atoms with Gasteiger partial charge in [-0.2, -0.15) is 11.8 Å². The molecule has 5 heteroatoms. The molecule has 90 valence electrons. The van der Waals surface area contributed by atoms with Gasteiger partial charge in [0, 0.05) is 39.0 Å². The molecule has 1 aliphatic heterocycles. The molecular formula is C12H14N2S3. The molecule has 2 aromatic rings. The summed E-state index contributed by atoms with van der Waals surface area (Å²) < 4.78 is 0. The van der Waals surface area contributed by atoms with Gasteiger partial charge in [0.2, 0.25) is 0 Å². The third-order valence-electron chi connectivity index (χ3n) is 2.92. The first kappa shape index (κ1) is 11.7. The highest BCUT2D eigenvalue weighted by Crippen LogP contribution is 2.34. The van der Waals surface area contributed by atoms with Crippen LogP contribution >= 0.6 is 34.4 Å². The second kappa shape index (κ2) is 5.10. The highest BCUT2D eigenvalue weighted by molar-refractivity contribution is 7.98. The summed E-state index contributed by atoms with van der Waals surface area (Å²) in [7, 11) is 0. The predicted octanol–water partition coefficient (Wildman–Crippen LogP) is 3.24. The third-order valence-corrected chi connectivity index (χ3v) is 6.10. The zero-order valence-corrected chi connectivity index (χ0v) is 11.8. The molecule has 0 saturated heterocycles. The topological polar surface area (TPSA) is 38.9 Å². The minimum Gasteiger partial charge on any atom is -0.323 e. The van der Waals surface area contributed by atoms with Gasteiger partial charge in [0.25, 0.3) is 0 Å². The average Bonchev–Trinajstić information content (AvgIpc) is 2.96. The molecule has 1 unspecified atom stereocenters. The van der Waals surface area contributed by atoms with Crippen molar-refractivity contribution in [3.05, 3.63) is 38.0 Å². The molecule has 17 heavy (non-hydrogen) atoms. The summed E-state index contributed by atoms with van der Waals surface area (Å²) in [5.74, 6) is 2.43. The first-order valence-corrected chi connectivity index (χ1v) is 8.50. The van der Waals surface area contributed by atoms with Crippen molar-refractivity contribution in [2.75, 3.05) is 5.75 Å². The molecule has 1 atom stereocenters. The number of thiazole rings is 1. The van der Waals surface area contributed by atoms with E-state index in [0.29, 0.717) is 0 Å². The normalized spacial score (nSPS) is 16.8. The summed E-state index contributed by atoms with van der Waals surface area (Å²) >= 11 is 5.63. The summed E-state index contributed by atoms with van der Waals surface area (Å²) in [5, 5.41) is 0. The van der Waals surface area contributed by atoms with Crippen molar-refractivity contribution in [2.45, 2.75) is 24.6 Å². The Morgan fingerprint density at radius 2 is 2.41 bits per heavy atom. The van der Waals surface area contributed by atoms with E-state index >= 15 is 0 Å². The summed E-state index contributed by atoms with van der Waals surface area (Å²) in [6.45, 7) is 0. The maximum Gasteiger partial charge on any atom is 0.0794 e. The number of aromatic nitrogens is 1. The van der Waals surface area contributed by atoms with Gasteiger partial charge in [-0.05, 0) is 23.8 Å². The van der Waals surface area contributed by atoms with Crippen molar-refractivity contribution in [3.63, 3.8) is 0 Å². The van der Waals surface area contributed by atoms with E-state index in [1.54, 1.807) is 16.2 Å². The van der Waals surface area contributed by atoms with Gasteiger partial charge in [0.05, 0.1) is 5.51 Å². The van der Waals surface area contributed by atoms with Crippen LogP contribution in [0.2, 0.25) is 0 Å². The smallest absolute Gasteiger partial charge is 0.0794 e. The van der Waals surface area contributed by atoms with Gasteiger partial charge in [-0.3, -0.25) is 4.98 Å². The highest BCUT2D eigenvalue weighted by Gasteiger charge is 2.17. The van der Waals surface area contributed by atoms with Gasteiger partial charge in [-0.25, -0.2) is 0 Å². The second-order valence-corrected chi connectivity index (χ2v) is 7.42. The van der Waals surface area contributed by atoms with Gasteiger partial charge in [0.1, 0.15) is 0 Å². The summed E-state index contributed by atoms with van der Waals surface area (Å²) in [4.78, 5) is 8.27. The van der Waals surface area contributed by atoms with Crippen LogP contribution in [0.15, 0.2) is 17.8 Å². The Bertz CT molecular complexity index is 466. The second-order valence-electron chi connectivity index (χ2n) is 4.18. The molecule has 0 fully saturated rings. The minimum absolute atomic E-state index is 0.135. The molecule has 3 rings (SSSR count). The molecule has 0 spiro atoms. The summed E-state index contributed by atoms with van der Waals surface area (Å²) in [6, 6.07) is 2.45. The molecular weight excluding hydrogens is 268 g/mol. The van der Waals surface area contributed by atoms with Gasteiger partial charge in [-0.15, -0.1) is 22.7 Å². The van der Waals surface area contributed by atoms with E-state index < -0.39 is 0 Å². The molecule has 0 radical (unpaired) electrons. The zero-order chi connectivity index (χ0) is 11.7. The van der Waals surface area contributed by atoms with Crippen molar-refractivity contribution in [2.24, 2.45) is 5.73 Å². The number of thioether (sulfide) groups is 1. The van der Waals surface area contributed by atoms with Crippen LogP contribution in [0.1, 0.15) is 26.2 Å². The molecule has 2 aromatic heterocycles. The Hall–Kier alpha value is -0.360. The lowest BCUT2D eigenvalue weighted by Crippen LogP contribution is -2.10.